The Hall–Kier alpha value is -1.91. The Morgan fingerprint density at radius 2 is 1.83 bits per heavy atom. The quantitative estimate of drug-likeness (QED) is 0.825. The molecule has 102 valence electrons. The largest absolute Gasteiger partial charge is 0.426 e. The third-order valence-corrected chi connectivity index (χ3v) is 1.56. The lowest BCUT2D eigenvalue weighted by Gasteiger charge is -2.03. The predicted molar refractivity (Wildman–Crippen MR) is 68.7 cm³/mol. The first kappa shape index (κ1) is 18.5. The molecule has 4 nitrogen and oxygen atoms in total. The fourth-order valence-electron chi connectivity index (χ4n) is 0.961. The number of carbonyl (C=O) groups is 2. The summed E-state index contributed by atoms with van der Waals surface area (Å²) in [7, 11) is 0. The summed E-state index contributed by atoms with van der Waals surface area (Å²) in [6.07, 6.45) is 0.522. The zero-order valence-corrected chi connectivity index (χ0v) is 11.2. The van der Waals surface area contributed by atoms with E-state index in [0.29, 0.717) is 12.0 Å². The molecule has 1 amide bonds. The molecule has 0 heterocycles. The Bertz CT molecular complexity index is 343. The van der Waals surface area contributed by atoms with Gasteiger partial charge >= 0.3 is 0 Å². The van der Waals surface area contributed by atoms with Crippen molar-refractivity contribution in [1.82, 2.24) is 5.32 Å². The number of rotatable bonds is 5. The number of hydrogen-bond donors (Lipinski definition) is 1. The summed E-state index contributed by atoms with van der Waals surface area (Å²) in [6, 6.07) is 4.07. The average molecular weight is 257 g/mol. The monoisotopic (exact) mass is 257 g/mol. The third kappa shape index (κ3) is 7.38. The van der Waals surface area contributed by atoms with Crippen LogP contribution in [0.2, 0.25) is 0 Å². The molecule has 0 atom stereocenters. The molecule has 1 rings (SSSR count). The van der Waals surface area contributed by atoms with Crippen molar-refractivity contribution in [3.8, 4) is 5.75 Å². The molecule has 0 radical (unpaired) electrons. The lowest BCUT2D eigenvalue weighted by molar-refractivity contribution is -0.120. The molecule has 0 aliphatic heterocycles. The topological polar surface area (TPSA) is 55.4 Å². The highest BCUT2D eigenvalue weighted by molar-refractivity contribution is 5.47. The van der Waals surface area contributed by atoms with Gasteiger partial charge in [-0.05, 0) is 17.7 Å². The van der Waals surface area contributed by atoms with Crippen LogP contribution in [0.15, 0.2) is 18.2 Å². The maximum atomic E-state index is 13.1. The van der Waals surface area contributed by atoms with Gasteiger partial charge in [0.25, 0.3) is 6.47 Å². The van der Waals surface area contributed by atoms with Gasteiger partial charge in [-0.15, -0.1) is 0 Å². The van der Waals surface area contributed by atoms with E-state index in [1.807, 2.05) is 27.7 Å². The van der Waals surface area contributed by atoms with Crippen molar-refractivity contribution < 1.29 is 18.7 Å². The van der Waals surface area contributed by atoms with Crippen molar-refractivity contribution in [2.45, 2.75) is 34.2 Å². The summed E-state index contributed by atoms with van der Waals surface area (Å²) < 4.78 is 17.4. The van der Waals surface area contributed by atoms with Crippen LogP contribution in [-0.4, -0.2) is 12.9 Å². The molecule has 5 heteroatoms. The molecular weight excluding hydrogens is 237 g/mol. The highest BCUT2D eigenvalue weighted by atomic mass is 19.1. The summed E-state index contributed by atoms with van der Waals surface area (Å²) in [5, 5.41) is 2.39. The van der Waals surface area contributed by atoms with E-state index in [0.717, 1.165) is 0 Å². The molecule has 0 saturated carbocycles. The van der Waals surface area contributed by atoms with Gasteiger partial charge in [0.1, 0.15) is 0 Å². The van der Waals surface area contributed by atoms with Crippen LogP contribution in [0.4, 0.5) is 4.39 Å². The van der Waals surface area contributed by atoms with Crippen molar-refractivity contribution in [2.75, 3.05) is 0 Å². The van der Waals surface area contributed by atoms with Gasteiger partial charge in [-0.2, -0.15) is 0 Å². The van der Waals surface area contributed by atoms with Crippen molar-refractivity contribution in [1.29, 1.82) is 0 Å². The van der Waals surface area contributed by atoms with E-state index in [1.54, 1.807) is 6.07 Å². The molecule has 0 spiro atoms. The van der Waals surface area contributed by atoms with Gasteiger partial charge in [0, 0.05) is 6.54 Å². The lowest BCUT2D eigenvalue weighted by Crippen LogP contribution is -2.09. The van der Waals surface area contributed by atoms with Gasteiger partial charge in [-0.3, -0.25) is 9.59 Å². The molecular formula is C13H20FNO3. The Balaban J connectivity index is 0. The minimum atomic E-state index is -0.637. The Kier molecular flexibility index (Phi) is 13.5. The molecule has 18 heavy (non-hydrogen) atoms. The number of benzene rings is 1. The standard InChI is InChI=1S/C9H8FNO3.2C2H6/c10-8-3-7(4-11-5-12)1-2-9(8)14-6-13;2*1-2/h1-3,5-6H,4H2,(H,11,12);2*1-2H3. The molecule has 0 aliphatic carbocycles. The van der Waals surface area contributed by atoms with Gasteiger partial charge in [0.05, 0.1) is 0 Å². The molecule has 0 bridgehead atoms. The summed E-state index contributed by atoms with van der Waals surface area (Å²) in [5.74, 6) is -0.767. The number of hydrogen-bond acceptors (Lipinski definition) is 3. The number of carbonyl (C=O) groups excluding carboxylic acids is 2. The van der Waals surface area contributed by atoms with Crippen molar-refractivity contribution in [3.05, 3.63) is 29.6 Å². The van der Waals surface area contributed by atoms with Crippen LogP contribution in [-0.2, 0) is 16.1 Å². The summed E-state index contributed by atoms with van der Waals surface area (Å²) in [6.45, 7) is 8.39. The fraction of sp³-hybridized carbons (Fsp3) is 0.385. The minimum Gasteiger partial charge on any atom is -0.426 e. The SMILES string of the molecule is CC.CC.O=CNCc1ccc(OC=O)c(F)c1. The minimum absolute atomic E-state index is 0.130. The second-order valence-corrected chi connectivity index (χ2v) is 2.48. The predicted octanol–water partition coefficient (Wildman–Crippen LogP) is 2.66. The van der Waals surface area contributed by atoms with Crippen LogP contribution in [0.25, 0.3) is 0 Å². The normalized spacial score (nSPS) is 7.83. The first-order valence-electron chi connectivity index (χ1n) is 5.83. The van der Waals surface area contributed by atoms with E-state index in [4.69, 9.17) is 0 Å². The summed E-state index contributed by atoms with van der Waals surface area (Å²) >= 11 is 0. The fourth-order valence-corrected chi connectivity index (χ4v) is 0.961. The molecule has 0 unspecified atom stereocenters. The molecule has 0 aliphatic rings. The maximum absolute atomic E-state index is 13.1. The van der Waals surface area contributed by atoms with Crippen LogP contribution in [0.3, 0.4) is 0 Å². The van der Waals surface area contributed by atoms with Gasteiger partial charge in [-0.25, -0.2) is 4.39 Å². The van der Waals surface area contributed by atoms with Crippen LogP contribution in [0.1, 0.15) is 33.3 Å². The zero-order chi connectivity index (χ0) is 14.4. The van der Waals surface area contributed by atoms with Crippen molar-refractivity contribution >= 4 is 12.9 Å². The van der Waals surface area contributed by atoms with Crippen LogP contribution >= 0.6 is 0 Å². The number of halogens is 1. The number of amides is 1. The maximum Gasteiger partial charge on any atom is 0.298 e. The molecule has 0 fully saturated rings. The first-order valence-corrected chi connectivity index (χ1v) is 5.83. The molecule has 0 saturated heterocycles. The molecule has 0 aromatic heterocycles. The smallest absolute Gasteiger partial charge is 0.298 e. The van der Waals surface area contributed by atoms with E-state index >= 15 is 0 Å². The lowest BCUT2D eigenvalue weighted by atomic mass is 10.2. The molecule has 1 aromatic rings. The van der Waals surface area contributed by atoms with E-state index in [9.17, 15) is 14.0 Å². The van der Waals surface area contributed by atoms with Crippen LogP contribution in [0.5, 0.6) is 5.75 Å². The Labute approximate surface area is 107 Å². The van der Waals surface area contributed by atoms with Gasteiger partial charge in [0.15, 0.2) is 11.6 Å². The van der Waals surface area contributed by atoms with E-state index in [1.165, 1.54) is 12.1 Å². The van der Waals surface area contributed by atoms with E-state index < -0.39 is 5.82 Å². The Morgan fingerprint density at radius 1 is 1.22 bits per heavy atom. The van der Waals surface area contributed by atoms with Crippen LogP contribution < -0.4 is 10.1 Å². The summed E-state index contributed by atoms with van der Waals surface area (Å²) in [4.78, 5) is 19.9. The van der Waals surface area contributed by atoms with Gasteiger partial charge < -0.3 is 10.1 Å². The average Bonchev–Trinajstić information content (AvgIpc) is 2.44. The summed E-state index contributed by atoms with van der Waals surface area (Å²) in [5.41, 5.74) is 0.591. The van der Waals surface area contributed by atoms with Gasteiger partial charge in [-0.1, -0.05) is 33.8 Å². The second-order valence-electron chi connectivity index (χ2n) is 2.48. The number of ether oxygens (including phenoxy) is 1. The van der Waals surface area contributed by atoms with Crippen LogP contribution in [0, 0.1) is 5.82 Å². The third-order valence-electron chi connectivity index (χ3n) is 1.56. The molecule has 1 aromatic carbocycles. The first-order chi connectivity index (χ1) is 8.77. The second kappa shape index (κ2) is 13.2. The van der Waals surface area contributed by atoms with Crippen molar-refractivity contribution in [3.63, 3.8) is 0 Å². The Morgan fingerprint density at radius 3 is 2.28 bits per heavy atom. The number of nitrogens with one attached hydrogen (secondary N) is 1. The molecule has 1 N–H and O–H groups in total. The zero-order valence-electron chi connectivity index (χ0n) is 11.2. The van der Waals surface area contributed by atoms with Crippen molar-refractivity contribution in [2.24, 2.45) is 0 Å². The van der Waals surface area contributed by atoms with Gasteiger partial charge in [0.2, 0.25) is 6.41 Å². The van der Waals surface area contributed by atoms with E-state index in [-0.39, 0.29) is 18.8 Å². The highest BCUT2D eigenvalue weighted by Crippen LogP contribution is 2.17. The van der Waals surface area contributed by atoms with E-state index in [2.05, 4.69) is 10.1 Å². The highest BCUT2D eigenvalue weighted by Gasteiger charge is 2.03.